The van der Waals surface area contributed by atoms with Crippen LogP contribution in [0.5, 0.6) is 11.5 Å². The van der Waals surface area contributed by atoms with Crippen LogP contribution in [0.4, 0.5) is 5.69 Å². The zero-order valence-corrected chi connectivity index (χ0v) is 13.5. The summed E-state index contributed by atoms with van der Waals surface area (Å²) in [5.41, 5.74) is 1.73. The largest absolute Gasteiger partial charge is 0.485 e. The molecule has 1 atom stereocenters. The molecule has 1 amide bonds. The maximum Gasteiger partial charge on any atom is 0.269 e. The third kappa shape index (κ3) is 2.96. The van der Waals surface area contributed by atoms with Crippen LogP contribution in [0.2, 0.25) is 0 Å². The maximum atomic E-state index is 12.4. The summed E-state index contributed by atoms with van der Waals surface area (Å²) < 4.78 is 11.3. The Balaban J connectivity index is 1.43. The fraction of sp³-hybridized carbons (Fsp3) is 0.111. The lowest BCUT2D eigenvalue weighted by molar-refractivity contribution is -0.125. The Labute approximate surface area is 142 Å². The molecule has 4 rings (SSSR count). The summed E-state index contributed by atoms with van der Waals surface area (Å²) in [6.45, 7) is 0.194. The van der Waals surface area contributed by atoms with Gasteiger partial charge in [-0.2, -0.15) is 0 Å². The second-order valence-electron chi connectivity index (χ2n) is 5.27. The van der Waals surface area contributed by atoms with Crippen LogP contribution in [0.25, 0.3) is 10.6 Å². The molecule has 0 bridgehead atoms. The van der Waals surface area contributed by atoms with E-state index < -0.39 is 6.10 Å². The first-order valence-corrected chi connectivity index (χ1v) is 8.37. The normalized spacial score (nSPS) is 15.8. The molecule has 5 nitrogen and oxygen atoms in total. The summed E-state index contributed by atoms with van der Waals surface area (Å²) in [7, 11) is 0. The van der Waals surface area contributed by atoms with Gasteiger partial charge in [0, 0.05) is 22.8 Å². The van der Waals surface area contributed by atoms with E-state index in [1.807, 2.05) is 47.8 Å². The Bertz CT molecular complexity index is 847. The van der Waals surface area contributed by atoms with Crippen molar-refractivity contribution >= 4 is 22.9 Å². The number of thiazole rings is 1. The Morgan fingerprint density at radius 1 is 1.12 bits per heavy atom. The summed E-state index contributed by atoms with van der Waals surface area (Å²) in [4.78, 5) is 16.6. The van der Waals surface area contributed by atoms with Gasteiger partial charge in [-0.05, 0) is 36.4 Å². The van der Waals surface area contributed by atoms with E-state index in [4.69, 9.17) is 9.47 Å². The summed E-state index contributed by atoms with van der Waals surface area (Å²) in [5.74, 6) is 1.02. The number of carbonyl (C=O) groups excluding carboxylic acids is 1. The number of fused-ring (bicyclic) bond motifs is 1. The van der Waals surface area contributed by atoms with Crippen molar-refractivity contribution in [2.45, 2.75) is 6.10 Å². The number of para-hydroxylation sites is 2. The second kappa shape index (κ2) is 6.33. The van der Waals surface area contributed by atoms with Gasteiger partial charge in [-0.1, -0.05) is 12.1 Å². The van der Waals surface area contributed by atoms with Gasteiger partial charge >= 0.3 is 0 Å². The van der Waals surface area contributed by atoms with E-state index in [-0.39, 0.29) is 12.5 Å². The first-order chi connectivity index (χ1) is 11.8. The second-order valence-corrected chi connectivity index (χ2v) is 6.16. The van der Waals surface area contributed by atoms with Gasteiger partial charge in [0.2, 0.25) is 6.10 Å². The molecule has 0 unspecified atom stereocenters. The molecule has 0 saturated carbocycles. The summed E-state index contributed by atoms with van der Waals surface area (Å²) in [6.07, 6.45) is 1.10. The molecule has 6 heteroatoms. The first-order valence-electron chi connectivity index (χ1n) is 7.49. The predicted octanol–water partition coefficient (Wildman–Crippen LogP) is 3.59. The zero-order valence-electron chi connectivity index (χ0n) is 12.6. The fourth-order valence-electron chi connectivity index (χ4n) is 2.43. The van der Waals surface area contributed by atoms with Crippen molar-refractivity contribution < 1.29 is 14.3 Å². The van der Waals surface area contributed by atoms with Gasteiger partial charge < -0.3 is 14.8 Å². The topological polar surface area (TPSA) is 60.5 Å². The molecular weight excluding hydrogens is 324 g/mol. The van der Waals surface area contributed by atoms with Gasteiger partial charge in [0.15, 0.2) is 11.5 Å². The monoisotopic (exact) mass is 338 g/mol. The Morgan fingerprint density at radius 3 is 2.67 bits per heavy atom. The molecular formula is C18H14N2O3S. The number of carbonyl (C=O) groups is 1. The highest BCUT2D eigenvalue weighted by Crippen LogP contribution is 2.31. The minimum absolute atomic E-state index is 0.194. The van der Waals surface area contributed by atoms with Crippen LogP contribution in [-0.2, 0) is 4.79 Å². The van der Waals surface area contributed by atoms with Gasteiger partial charge in [0.05, 0.1) is 0 Å². The molecule has 0 radical (unpaired) electrons. The molecule has 1 aliphatic heterocycles. The molecule has 3 aromatic rings. The smallest absolute Gasteiger partial charge is 0.269 e. The summed E-state index contributed by atoms with van der Waals surface area (Å²) in [6, 6.07) is 14.9. The highest BCUT2D eigenvalue weighted by Gasteiger charge is 2.27. The Morgan fingerprint density at radius 2 is 1.92 bits per heavy atom. The van der Waals surface area contributed by atoms with E-state index in [2.05, 4.69) is 10.3 Å². The van der Waals surface area contributed by atoms with E-state index in [9.17, 15) is 4.79 Å². The number of anilines is 1. The summed E-state index contributed by atoms with van der Waals surface area (Å²) >= 11 is 1.58. The molecule has 2 heterocycles. The van der Waals surface area contributed by atoms with Crippen LogP contribution >= 0.6 is 11.3 Å². The number of aromatic nitrogens is 1. The standard InChI is InChI=1S/C18H14N2O3S/c21-17(16-11-22-14-3-1-2-4-15(14)23-16)20-13-7-5-12(6-8-13)18-19-9-10-24-18/h1-10,16H,11H2,(H,20,21)/t16-/m1/s1. The van der Waals surface area contributed by atoms with Crippen LogP contribution in [0.1, 0.15) is 0 Å². The minimum atomic E-state index is -0.668. The summed E-state index contributed by atoms with van der Waals surface area (Å²) in [5, 5.41) is 5.74. The molecule has 120 valence electrons. The van der Waals surface area contributed by atoms with Crippen molar-refractivity contribution in [2.24, 2.45) is 0 Å². The third-order valence-corrected chi connectivity index (χ3v) is 4.45. The number of hydrogen-bond donors (Lipinski definition) is 1. The van der Waals surface area contributed by atoms with Crippen LogP contribution < -0.4 is 14.8 Å². The third-order valence-electron chi connectivity index (χ3n) is 3.63. The first kappa shape index (κ1) is 14.7. The van der Waals surface area contributed by atoms with Gasteiger partial charge in [-0.3, -0.25) is 4.79 Å². The molecule has 2 aromatic carbocycles. The Hall–Kier alpha value is -2.86. The lowest BCUT2D eigenvalue weighted by Crippen LogP contribution is -2.40. The van der Waals surface area contributed by atoms with Crippen LogP contribution in [-0.4, -0.2) is 23.6 Å². The molecule has 0 saturated heterocycles. The number of hydrogen-bond acceptors (Lipinski definition) is 5. The van der Waals surface area contributed by atoms with Crippen molar-refractivity contribution in [3.63, 3.8) is 0 Å². The highest BCUT2D eigenvalue weighted by molar-refractivity contribution is 7.13. The predicted molar refractivity (Wildman–Crippen MR) is 92.5 cm³/mol. The molecule has 0 spiro atoms. The molecule has 1 aromatic heterocycles. The lowest BCUT2D eigenvalue weighted by Gasteiger charge is -2.25. The van der Waals surface area contributed by atoms with E-state index in [0.29, 0.717) is 17.2 Å². The molecule has 1 aliphatic rings. The van der Waals surface area contributed by atoms with E-state index in [1.54, 1.807) is 23.6 Å². The molecule has 24 heavy (non-hydrogen) atoms. The van der Waals surface area contributed by atoms with Crippen LogP contribution in [0.15, 0.2) is 60.1 Å². The van der Waals surface area contributed by atoms with Crippen molar-refractivity contribution in [1.82, 2.24) is 4.98 Å². The van der Waals surface area contributed by atoms with Crippen molar-refractivity contribution in [3.05, 3.63) is 60.1 Å². The van der Waals surface area contributed by atoms with E-state index in [1.165, 1.54) is 0 Å². The van der Waals surface area contributed by atoms with Crippen LogP contribution in [0.3, 0.4) is 0 Å². The molecule has 0 aliphatic carbocycles. The maximum absolute atomic E-state index is 12.4. The van der Waals surface area contributed by atoms with Crippen LogP contribution in [0, 0.1) is 0 Å². The van der Waals surface area contributed by atoms with Gasteiger partial charge in [0.1, 0.15) is 11.6 Å². The SMILES string of the molecule is O=C(Nc1ccc(-c2nccs2)cc1)[C@H]1COc2ccccc2O1. The fourth-order valence-corrected chi connectivity index (χ4v) is 3.08. The van der Waals surface area contributed by atoms with Gasteiger partial charge in [-0.25, -0.2) is 4.98 Å². The number of amides is 1. The minimum Gasteiger partial charge on any atom is -0.485 e. The van der Waals surface area contributed by atoms with Gasteiger partial charge in [-0.15, -0.1) is 11.3 Å². The quantitative estimate of drug-likeness (QED) is 0.793. The zero-order chi connectivity index (χ0) is 16.4. The number of ether oxygens (including phenoxy) is 2. The highest BCUT2D eigenvalue weighted by atomic mass is 32.1. The number of rotatable bonds is 3. The number of nitrogens with one attached hydrogen (secondary N) is 1. The van der Waals surface area contributed by atoms with Gasteiger partial charge in [0.25, 0.3) is 5.91 Å². The van der Waals surface area contributed by atoms with Crippen molar-refractivity contribution in [1.29, 1.82) is 0 Å². The average molecular weight is 338 g/mol. The van der Waals surface area contributed by atoms with Crippen molar-refractivity contribution in [3.8, 4) is 22.1 Å². The number of benzene rings is 2. The average Bonchev–Trinajstić information content (AvgIpc) is 3.16. The molecule has 1 N–H and O–H groups in total. The number of nitrogens with zero attached hydrogens (tertiary/aromatic N) is 1. The van der Waals surface area contributed by atoms with Crippen molar-refractivity contribution in [2.75, 3.05) is 11.9 Å². The molecule has 0 fully saturated rings. The lowest BCUT2D eigenvalue weighted by atomic mass is 10.2. The Kier molecular flexibility index (Phi) is 3.88. The van der Waals surface area contributed by atoms with E-state index in [0.717, 1.165) is 10.6 Å². The van der Waals surface area contributed by atoms with E-state index >= 15 is 0 Å².